The lowest BCUT2D eigenvalue weighted by molar-refractivity contribution is -1.03. The van der Waals surface area contributed by atoms with Gasteiger partial charge in [0, 0.05) is 17.2 Å². The fraction of sp³-hybridized carbons (Fsp3) is 0.435. The highest BCUT2D eigenvalue weighted by atomic mass is 19.1. The Labute approximate surface area is 170 Å². The molecule has 154 valence electrons. The fourth-order valence-electron chi connectivity index (χ4n) is 4.33. The maximum atomic E-state index is 13.5. The van der Waals surface area contributed by atoms with Crippen LogP contribution in [0, 0.1) is 11.6 Å². The van der Waals surface area contributed by atoms with Crippen LogP contribution >= 0.6 is 0 Å². The highest BCUT2D eigenvalue weighted by molar-refractivity contribution is 5.80. The summed E-state index contributed by atoms with van der Waals surface area (Å²) in [7, 11) is 0. The van der Waals surface area contributed by atoms with Crippen LogP contribution in [0.5, 0.6) is 0 Å². The molecule has 2 aromatic carbocycles. The van der Waals surface area contributed by atoms with Gasteiger partial charge in [0.15, 0.2) is 6.04 Å². The monoisotopic (exact) mass is 401 g/mol. The van der Waals surface area contributed by atoms with E-state index in [-0.39, 0.29) is 29.6 Å². The lowest BCUT2D eigenvalue weighted by Crippen LogP contribution is -3.30. The Morgan fingerprint density at radius 1 is 0.862 bits per heavy atom. The van der Waals surface area contributed by atoms with E-state index in [0.29, 0.717) is 6.04 Å². The summed E-state index contributed by atoms with van der Waals surface area (Å²) in [5.41, 5.74) is 2.05. The fourth-order valence-corrected chi connectivity index (χ4v) is 4.33. The van der Waals surface area contributed by atoms with Crippen LogP contribution in [0.2, 0.25) is 0 Å². The number of carbonyl (C=O) groups excluding carboxylic acids is 1. The van der Waals surface area contributed by atoms with E-state index in [0.717, 1.165) is 50.1 Å². The second kappa shape index (κ2) is 8.59. The smallest absolute Gasteiger partial charge is 0.278 e. The van der Waals surface area contributed by atoms with Gasteiger partial charge in [0.05, 0.1) is 0 Å². The summed E-state index contributed by atoms with van der Waals surface area (Å²) >= 11 is 0. The van der Waals surface area contributed by atoms with Crippen molar-refractivity contribution in [2.45, 2.75) is 37.9 Å². The zero-order chi connectivity index (χ0) is 20.4. The van der Waals surface area contributed by atoms with Gasteiger partial charge in [-0.15, -0.1) is 0 Å². The summed E-state index contributed by atoms with van der Waals surface area (Å²) in [6.45, 7) is 5.60. The van der Waals surface area contributed by atoms with E-state index in [4.69, 9.17) is 0 Å². The lowest BCUT2D eigenvalue weighted by atomic mass is 9.96. The van der Waals surface area contributed by atoms with Gasteiger partial charge in [0.1, 0.15) is 43.9 Å². The molecule has 6 heteroatoms. The van der Waals surface area contributed by atoms with Crippen molar-refractivity contribution in [1.29, 1.82) is 0 Å². The van der Waals surface area contributed by atoms with Gasteiger partial charge >= 0.3 is 0 Å². The largest absolute Gasteiger partial charge is 0.348 e. The molecule has 2 aliphatic rings. The molecule has 2 fully saturated rings. The predicted molar refractivity (Wildman–Crippen MR) is 107 cm³/mol. The second-order valence-electron chi connectivity index (χ2n) is 8.36. The van der Waals surface area contributed by atoms with E-state index in [1.807, 2.05) is 31.2 Å². The molecular formula is C23H29F2N3O+2. The number of benzene rings is 2. The van der Waals surface area contributed by atoms with E-state index in [1.165, 1.54) is 34.1 Å². The molecule has 4 rings (SSSR count). The SMILES string of the molecule is C[C@H](C(=O)NC1CC1)[NH+]1CC[NH+](C(c2ccc(F)cc2)c2ccc(F)cc2)CC1. The van der Waals surface area contributed by atoms with Crippen molar-refractivity contribution < 1.29 is 23.4 Å². The molecule has 1 saturated carbocycles. The number of quaternary nitrogens is 2. The Kier molecular flexibility index (Phi) is 5.92. The summed E-state index contributed by atoms with van der Waals surface area (Å²) < 4.78 is 26.9. The molecule has 29 heavy (non-hydrogen) atoms. The number of piperazine rings is 1. The molecule has 1 heterocycles. The Balaban J connectivity index is 1.48. The third-order valence-corrected chi connectivity index (χ3v) is 6.28. The number of carbonyl (C=O) groups is 1. The Morgan fingerprint density at radius 3 is 1.76 bits per heavy atom. The van der Waals surface area contributed by atoms with Crippen molar-refractivity contribution in [2.75, 3.05) is 26.2 Å². The van der Waals surface area contributed by atoms with Gasteiger partial charge < -0.3 is 15.1 Å². The van der Waals surface area contributed by atoms with E-state index in [2.05, 4.69) is 5.32 Å². The minimum atomic E-state index is -0.258. The molecule has 1 aliphatic heterocycles. The van der Waals surface area contributed by atoms with Crippen LogP contribution in [-0.2, 0) is 4.79 Å². The molecule has 3 N–H and O–H groups in total. The summed E-state index contributed by atoms with van der Waals surface area (Å²) in [6.07, 6.45) is 2.20. The molecule has 1 saturated heterocycles. The minimum absolute atomic E-state index is 0.0216. The number of amides is 1. The Bertz CT molecular complexity index is 783. The van der Waals surface area contributed by atoms with Gasteiger partial charge in [-0.1, -0.05) is 0 Å². The lowest BCUT2D eigenvalue weighted by Gasteiger charge is -2.36. The maximum absolute atomic E-state index is 13.5. The van der Waals surface area contributed by atoms with Crippen molar-refractivity contribution in [3.8, 4) is 0 Å². The molecule has 0 unspecified atom stereocenters. The standard InChI is InChI=1S/C23H27F2N3O/c1-16(23(29)26-21-10-11-21)27-12-14-28(15-13-27)22(17-2-6-19(24)7-3-17)18-4-8-20(25)9-5-18/h2-9,16,21-22H,10-15H2,1H3,(H,26,29)/p+2/t16-/m1/s1. The van der Waals surface area contributed by atoms with Crippen LogP contribution in [-0.4, -0.2) is 44.2 Å². The Hall–Kier alpha value is -2.31. The zero-order valence-corrected chi connectivity index (χ0v) is 16.8. The molecule has 0 bridgehead atoms. The van der Waals surface area contributed by atoms with Crippen LogP contribution in [0.4, 0.5) is 8.78 Å². The average molecular weight is 402 g/mol. The van der Waals surface area contributed by atoms with Crippen LogP contribution in [0.15, 0.2) is 48.5 Å². The van der Waals surface area contributed by atoms with Crippen molar-refractivity contribution in [2.24, 2.45) is 0 Å². The molecule has 1 atom stereocenters. The molecule has 0 radical (unpaired) electrons. The third-order valence-electron chi connectivity index (χ3n) is 6.28. The first kappa shape index (κ1) is 20.0. The summed E-state index contributed by atoms with van der Waals surface area (Å²) in [5.74, 6) is -0.364. The zero-order valence-electron chi connectivity index (χ0n) is 16.8. The van der Waals surface area contributed by atoms with Crippen molar-refractivity contribution in [3.05, 3.63) is 71.3 Å². The highest BCUT2D eigenvalue weighted by Gasteiger charge is 2.36. The molecule has 4 nitrogen and oxygen atoms in total. The first-order valence-corrected chi connectivity index (χ1v) is 10.5. The van der Waals surface area contributed by atoms with Crippen LogP contribution in [0.3, 0.4) is 0 Å². The molecule has 1 amide bonds. The van der Waals surface area contributed by atoms with Crippen molar-refractivity contribution >= 4 is 5.91 Å². The number of hydrogen-bond acceptors (Lipinski definition) is 1. The first-order chi connectivity index (χ1) is 14.0. The minimum Gasteiger partial charge on any atom is -0.348 e. The quantitative estimate of drug-likeness (QED) is 0.648. The molecule has 0 spiro atoms. The predicted octanol–water partition coefficient (Wildman–Crippen LogP) is 0.505. The Morgan fingerprint density at radius 2 is 1.31 bits per heavy atom. The van der Waals surface area contributed by atoms with Gasteiger partial charge in [-0.3, -0.25) is 4.79 Å². The third kappa shape index (κ3) is 4.82. The summed E-state index contributed by atoms with van der Waals surface area (Å²) in [4.78, 5) is 15.1. The van der Waals surface area contributed by atoms with E-state index < -0.39 is 0 Å². The van der Waals surface area contributed by atoms with E-state index >= 15 is 0 Å². The topological polar surface area (TPSA) is 38.0 Å². The van der Waals surface area contributed by atoms with Gasteiger partial charge in [-0.05, 0) is 68.3 Å². The molecular weight excluding hydrogens is 372 g/mol. The number of nitrogens with one attached hydrogen (secondary N) is 3. The average Bonchev–Trinajstić information content (AvgIpc) is 3.55. The number of hydrogen-bond donors (Lipinski definition) is 3. The van der Waals surface area contributed by atoms with Gasteiger partial charge in [0.2, 0.25) is 0 Å². The number of rotatable bonds is 6. The maximum Gasteiger partial charge on any atom is 0.278 e. The van der Waals surface area contributed by atoms with Gasteiger partial charge in [-0.25, -0.2) is 8.78 Å². The first-order valence-electron chi connectivity index (χ1n) is 10.5. The van der Waals surface area contributed by atoms with Gasteiger partial charge in [0.25, 0.3) is 5.91 Å². The number of halogens is 2. The van der Waals surface area contributed by atoms with E-state index in [9.17, 15) is 13.6 Å². The highest BCUT2D eigenvalue weighted by Crippen LogP contribution is 2.20. The molecule has 0 aromatic heterocycles. The van der Waals surface area contributed by atoms with Gasteiger partial charge in [-0.2, -0.15) is 0 Å². The van der Waals surface area contributed by atoms with Crippen LogP contribution in [0.25, 0.3) is 0 Å². The normalized spacial score (nSPS) is 23.0. The van der Waals surface area contributed by atoms with Crippen LogP contribution < -0.4 is 15.1 Å². The van der Waals surface area contributed by atoms with E-state index in [1.54, 1.807) is 0 Å². The second-order valence-corrected chi connectivity index (χ2v) is 8.36. The summed E-state index contributed by atoms with van der Waals surface area (Å²) in [6, 6.07) is 13.6. The van der Waals surface area contributed by atoms with Crippen molar-refractivity contribution in [3.63, 3.8) is 0 Å². The van der Waals surface area contributed by atoms with Crippen LogP contribution in [0.1, 0.15) is 36.9 Å². The summed E-state index contributed by atoms with van der Waals surface area (Å²) in [5, 5.41) is 3.11. The molecule has 1 aliphatic carbocycles. The van der Waals surface area contributed by atoms with Crippen molar-refractivity contribution in [1.82, 2.24) is 5.32 Å². The molecule has 2 aromatic rings.